The van der Waals surface area contributed by atoms with Gasteiger partial charge in [0.25, 0.3) is 0 Å². The first kappa shape index (κ1) is 13.6. The molecule has 0 fully saturated rings. The Morgan fingerprint density at radius 3 is 3.00 bits per heavy atom. The van der Waals surface area contributed by atoms with Crippen LogP contribution >= 0.6 is 0 Å². The molecule has 1 N–H and O–H groups in total. The average Bonchev–Trinajstić information content (AvgIpc) is 2.43. The van der Waals surface area contributed by atoms with Gasteiger partial charge in [0.1, 0.15) is 0 Å². The second kappa shape index (κ2) is 5.85. The Morgan fingerprint density at radius 1 is 1.47 bits per heavy atom. The number of nitrogens with one attached hydrogen (secondary N) is 1. The zero-order chi connectivity index (χ0) is 13.8. The molecule has 1 amide bonds. The predicted molar refractivity (Wildman–Crippen MR) is 75.0 cm³/mol. The molecule has 4 nitrogen and oxygen atoms in total. The van der Waals surface area contributed by atoms with E-state index in [0.29, 0.717) is 6.42 Å². The molecule has 0 radical (unpaired) electrons. The summed E-state index contributed by atoms with van der Waals surface area (Å²) in [5.74, 6) is 0.185. The summed E-state index contributed by atoms with van der Waals surface area (Å²) in [5, 5.41) is 11.8. The average molecular weight is 257 g/mol. The van der Waals surface area contributed by atoms with Crippen molar-refractivity contribution in [3.8, 4) is 6.07 Å². The molecule has 1 aromatic rings. The number of nitriles is 1. The van der Waals surface area contributed by atoms with Crippen molar-refractivity contribution < 1.29 is 4.79 Å². The molecule has 19 heavy (non-hydrogen) atoms. The molecule has 0 bridgehead atoms. The Hall–Kier alpha value is -1.86. The molecular weight excluding hydrogens is 238 g/mol. The molecular formula is C15H19N3O. The van der Waals surface area contributed by atoms with E-state index < -0.39 is 0 Å². The van der Waals surface area contributed by atoms with Crippen LogP contribution in [0.3, 0.4) is 0 Å². The minimum atomic E-state index is -0.110. The van der Waals surface area contributed by atoms with Crippen LogP contribution in [0.15, 0.2) is 18.2 Å². The summed E-state index contributed by atoms with van der Waals surface area (Å²) in [5.41, 5.74) is 3.52. The van der Waals surface area contributed by atoms with E-state index in [9.17, 15) is 4.79 Å². The van der Waals surface area contributed by atoms with Gasteiger partial charge in [-0.2, -0.15) is 5.26 Å². The number of aryl methyl sites for hydroxylation is 1. The van der Waals surface area contributed by atoms with Crippen molar-refractivity contribution in [3.63, 3.8) is 0 Å². The van der Waals surface area contributed by atoms with Crippen molar-refractivity contribution in [2.75, 3.05) is 18.5 Å². The number of hydrogen-bond donors (Lipinski definition) is 1. The Labute approximate surface area is 114 Å². The first-order chi connectivity index (χ1) is 9.11. The summed E-state index contributed by atoms with van der Waals surface area (Å²) in [6.07, 6.45) is 2.32. The van der Waals surface area contributed by atoms with Gasteiger partial charge in [-0.15, -0.1) is 0 Å². The van der Waals surface area contributed by atoms with Gasteiger partial charge in [-0.1, -0.05) is 12.1 Å². The maximum atomic E-state index is 11.6. The Morgan fingerprint density at radius 2 is 2.26 bits per heavy atom. The van der Waals surface area contributed by atoms with Gasteiger partial charge in [-0.3, -0.25) is 4.79 Å². The largest absolute Gasteiger partial charge is 0.315 e. The molecule has 0 aliphatic carbocycles. The number of amides is 1. The number of hydrogen-bond acceptors (Lipinski definition) is 3. The summed E-state index contributed by atoms with van der Waals surface area (Å²) in [6, 6.07) is 8.31. The van der Waals surface area contributed by atoms with Crippen LogP contribution in [-0.2, 0) is 17.6 Å². The molecule has 2 rings (SSSR count). The fraction of sp³-hybridized carbons (Fsp3) is 0.467. The molecule has 1 aliphatic rings. The lowest BCUT2D eigenvalue weighted by Gasteiger charge is -2.26. The van der Waals surface area contributed by atoms with Crippen molar-refractivity contribution in [3.05, 3.63) is 29.3 Å². The number of nitrogens with zero attached hydrogens (tertiary/aromatic N) is 2. The van der Waals surface area contributed by atoms with Crippen molar-refractivity contribution >= 4 is 11.6 Å². The number of carbonyl (C=O) groups excluding carboxylic acids is 1. The summed E-state index contributed by atoms with van der Waals surface area (Å²) in [7, 11) is 1.83. The predicted octanol–water partition coefficient (Wildman–Crippen LogP) is 1.64. The van der Waals surface area contributed by atoms with E-state index in [1.807, 2.05) is 20.0 Å². The molecule has 1 aliphatic heterocycles. The molecule has 1 aromatic carbocycles. The van der Waals surface area contributed by atoms with E-state index in [-0.39, 0.29) is 11.9 Å². The van der Waals surface area contributed by atoms with E-state index in [1.165, 1.54) is 11.1 Å². The molecule has 0 saturated carbocycles. The van der Waals surface area contributed by atoms with Crippen LogP contribution in [0.2, 0.25) is 0 Å². The van der Waals surface area contributed by atoms with Crippen LogP contribution in [0.5, 0.6) is 0 Å². The lowest BCUT2D eigenvalue weighted by Crippen LogP contribution is -2.31. The van der Waals surface area contributed by atoms with Gasteiger partial charge < -0.3 is 10.2 Å². The zero-order valence-corrected chi connectivity index (χ0v) is 11.4. The highest BCUT2D eigenvalue weighted by molar-refractivity contribution is 5.95. The second-order valence-electron chi connectivity index (χ2n) is 4.97. The van der Waals surface area contributed by atoms with Gasteiger partial charge in [0.2, 0.25) is 5.91 Å². The molecule has 1 unspecified atom stereocenters. The van der Waals surface area contributed by atoms with Crippen molar-refractivity contribution in [1.82, 2.24) is 5.32 Å². The fourth-order valence-corrected chi connectivity index (χ4v) is 2.34. The number of carbonyl (C=O) groups is 1. The smallest absolute Gasteiger partial charge is 0.227 e. The molecule has 4 heteroatoms. The van der Waals surface area contributed by atoms with E-state index in [1.54, 1.807) is 4.90 Å². The first-order valence-corrected chi connectivity index (χ1v) is 6.63. The van der Waals surface area contributed by atoms with Gasteiger partial charge in [0.15, 0.2) is 0 Å². The molecule has 0 aromatic heterocycles. The highest BCUT2D eigenvalue weighted by Gasteiger charge is 2.20. The van der Waals surface area contributed by atoms with Crippen LogP contribution in [0.1, 0.15) is 24.5 Å². The maximum Gasteiger partial charge on any atom is 0.227 e. The van der Waals surface area contributed by atoms with Crippen LogP contribution < -0.4 is 10.2 Å². The molecule has 0 spiro atoms. The van der Waals surface area contributed by atoms with Crippen molar-refractivity contribution in [2.45, 2.75) is 32.2 Å². The number of anilines is 1. The lowest BCUT2D eigenvalue weighted by molar-refractivity contribution is -0.118. The highest BCUT2D eigenvalue weighted by Crippen LogP contribution is 2.27. The van der Waals surface area contributed by atoms with E-state index >= 15 is 0 Å². The summed E-state index contributed by atoms with van der Waals surface area (Å²) >= 11 is 0. The first-order valence-electron chi connectivity index (χ1n) is 6.63. The standard InChI is InChI=1S/C15H19N3O/c1-11(10-16)17-8-7-12-3-5-14-13(9-12)4-6-15(19)18(14)2/h3,5,9,11,17H,4,6-8H2,1-2H3. The minimum absolute atomic E-state index is 0.110. The Bertz CT molecular complexity index is 519. The SMILES string of the molecule is CC(C#N)NCCc1ccc2c(c1)CCC(=O)N2C. The van der Waals surface area contributed by atoms with Gasteiger partial charge in [0.05, 0.1) is 12.1 Å². The van der Waals surface area contributed by atoms with Gasteiger partial charge >= 0.3 is 0 Å². The Balaban J connectivity index is 2.02. The third kappa shape index (κ3) is 3.12. The molecule has 0 saturated heterocycles. The second-order valence-corrected chi connectivity index (χ2v) is 4.97. The van der Waals surface area contributed by atoms with E-state index in [4.69, 9.17) is 5.26 Å². The van der Waals surface area contributed by atoms with E-state index in [2.05, 4.69) is 23.5 Å². The number of benzene rings is 1. The quantitative estimate of drug-likeness (QED) is 0.892. The van der Waals surface area contributed by atoms with E-state index in [0.717, 1.165) is 25.1 Å². The van der Waals surface area contributed by atoms with Crippen LogP contribution in [0.4, 0.5) is 5.69 Å². The normalized spacial score (nSPS) is 15.8. The van der Waals surface area contributed by atoms with Crippen LogP contribution in [0.25, 0.3) is 0 Å². The topological polar surface area (TPSA) is 56.1 Å². The third-order valence-electron chi connectivity index (χ3n) is 3.55. The molecule has 1 atom stereocenters. The minimum Gasteiger partial charge on any atom is -0.315 e. The highest BCUT2D eigenvalue weighted by atomic mass is 16.2. The summed E-state index contributed by atoms with van der Waals surface area (Å²) < 4.78 is 0. The van der Waals surface area contributed by atoms with Gasteiger partial charge in [-0.25, -0.2) is 0 Å². The summed E-state index contributed by atoms with van der Waals surface area (Å²) in [4.78, 5) is 13.3. The summed E-state index contributed by atoms with van der Waals surface area (Å²) in [6.45, 7) is 2.65. The third-order valence-corrected chi connectivity index (χ3v) is 3.55. The zero-order valence-electron chi connectivity index (χ0n) is 11.4. The maximum absolute atomic E-state index is 11.6. The number of rotatable bonds is 4. The van der Waals surface area contributed by atoms with Crippen LogP contribution in [-0.4, -0.2) is 25.5 Å². The Kier molecular flexibility index (Phi) is 4.18. The van der Waals surface area contributed by atoms with Gasteiger partial charge in [-0.05, 0) is 37.0 Å². The van der Waals surface area contributed by atoms with Crippen molar-refractivity contribution in [2.24, 2.45) is 0 Å². The monoisotopic (exact) mass is 257 g/mol. The van der Waals surface area contributed by atoms with Crippen LogP contribution in [0, 0.1) is 11.3 Å². The fourth-order valence-electron chi connectivity index (χ4n) is 2.34. The molecule has 100 valence electrons. The lowest BCUT2D eigenvalue weighted by atomic mass is 9.98. The molecule has 1 heterocycles. The van der Waals surface area contributed by atoms with Gasteiger partial charge in [0, 0.05) is 25.7 Å². The number of fused-ring (bicyclic) bond motifs is 1. The van der Waals surface area contributed by atoms with Crippen molar-refractivity contribution in [1.29, 1.82) is 5.26 Å².